The van der Waals surface area contributed by atoms with Gasteiger partial charge in [0.1, 0.15) is 10.6 Å². The molecule has 0 spiro atoms. The van der Waals surface area contributed by atoms with E-state index in [4.69, 9.17) is 15.5 Å². The molecule has 0 bridgehead atoms. The van der Waals surface area contributed by atoms with Gasteiger partial charge in [-0.2, -0.15) is 0 Å². The van der Waals surface area contributed by atoms with Crippen LogP contribution in [0.3, 0.4) is 0 Å². The molecule has 1 aromatic carbocycles. The van der Waals surface area contributed by atoms with E-state index < -0.39 is 5.60 Å². The number of carbonyl (C=O) groups is 1. The molecule has 0 saturated carbocycles. The van der Waals surface area contributed by atoms with Crippen LogP contribution < -0.4 is 5.73 Å². The standard InChI is InChI=1S/C19H25N3O2S/c1-19(2,3)24-18(23)22-10-9-15(20)16(22)11-14-12-25-17(21-14)13-7-5-4-6-8-13/h4-8,12,15-16H,9-11,20H2,1-3H3/t15-,16-/m0/s1. The summed E-state index contributed by atoms with van der Waals surface area (Å²) in [6.07, 6.45) is 1.16. The van der Waals surface area contributed by atoms with Gasteiger partial charge in [-0.15, -0.1) is 11.3 Å². The number of aromatic nitrogens is 1. The lowest BCUT2D eigenvalue weighted by molar-refractivity contribution is 0.0220. The summed E-state index contributed by atoms with van der Waals surface area (Å²) in [5.41, 5.74) is 7.84. The van der Waals surface area contributed by atoms with Crippen LogP contribution in [0.15, 0.2) is 35.7 Å². The maximum absolute atomic E-state index is 12.5. The van der Waals surface area contributed by atoms with Gasteiger partial charge in [-0.3, -0.25) is 0 Å². The van der Waals surface area contributed by atoms with Crippen LogP contribution in [-0.4, -0.2) is 40.2 Å². The summed E-state index contributed by atoms with van der Waals surface area (Å²) in [6, 6.07) is 10.00. The Morgan fingerprint density at radius 1 is 1.36 bits per heavy atom. The molecule has 0 radical (unpaired) electrons. The summed E-state index contributed by atoms with van der Waals surface area (Å²) in [6.45, 7) is 6.27. The van der Waals surface area contributed by atoms with Crippen LogP contribution in [0.25, 0.3) is 10.6 Å². The van der Waals surface area contributed by atoms with Crippen LogP contribution in [0, 0.1) is 0 Å². The molecule has 1 amide bonds. The quantitative estimate of drug-likeness (QED) is 0.907. The topological polar surface area (TPSA) is 68.5 Å². The van der Waals surface area contributed by atoms with Crippen LogP contribution >= 0.6 is 11.3 Å². The van der Waals surface area contributed by atoms with Gasteiger partial charge in [0.2, 0.25) is 0 Å². The summed E-state index contributed by atoms with van der Waals surface area (Å²) >= 11 is 1.62. The van der Waals surface area contributed by atoms with Gasteiger partial charge < -0.3 is 15.4 Å². The number of benzene rings is 1. The minimum absolute atomic E-state index is 0.0469. The second kappa shape index (κ2) is 7.14. The Balaban J connectivity index is 1.72. The van der Waals surface area contributed by atoms with Gasteiger partial charge >= 0.3 is 6.09 Å². The van der Waals surface area contributed by atoms with Gasteiger partial charge in [-0.25, -0.2) is 9.78 Å². The smallest absolute Gasteiger partial charge is 0.410 e. The lowest BCUT2D eigenvalue weighted by atomic mass is 10.1. The number of carbonyl (C=O) groups excluding carboxylic acids is 1. The van der Waals surface area contributed by atoms with Crippen molar-refractivity contribution in [3.63, 3.8) is 0 Å². The van der Waals surface area contributed by atoms with Crippen molar-refractivity contribution >= 4 is 17.4 Å². The predicted molar refractivity (Wildman–Crippen MR) is 101 cm³/mol. The molecular formula is C19H25N3O2S. The molecule has 6 heteroatoms. The van der Waals surface area contributed by atoms with E-state index in [0.717, 1.165) is 22.7 Å². The van der Waals surface area contributed by atoms with Gasteiger partial charge in [0.15, 0.2) is 0 Å². The van der Waals surface area contributed by atoms with Crippen molar-refractivity contribution in [1.82, 2.24) is 9.88 Å². The van der Waals surface area contributed by atoms with Crippen LogP contribution in [0.2, 0.25) is 0 Å². The summed E-state index contributed by atoms with van der Waals surface area (Å²) < 4.78 is 5.53. The van der Waals surface area contributed by atoms with Gasteiger partial charge in [-0.05, 0) is 27.2 Å². The minimum Gasteiger partial charge on any atom is -0.444 e. The SMILES string of the molecule is CC(C)(C)OC(=O)N1CC[C@H](N)[C@@H]1Cc1csc(-c2ccccc2)n1. The lowest BCUT2D eigenvalue weighted by Crippen LogP contribution is -2.46. The van der Waals surface area contributed by atoms with E-state index in [9.17, 15) is 4.79 Å². The normalized spacial score (nSPS) is 20.7. The molecule has 25 heavy (non-hydrogen) atoms. The first-order chi connectivity index (χ1) is 11.8. The van der Waals surface area contributed by atoms with Crippen LogP contribution in [0.1, 0.15) is 32.9 Å². The first-order valence-corrected chi connectivity index (χ1v) is 9.46. The van der Waals surface area contributed by atoms with E-state index in [2.05, 4.69) is 17.5 Å². The first kappa shape index (κ1) is 17.9. The zero-order chi connectivity index (χ0) is 18.0. The molecule has 1 saturated heterocycles. The fraction of sp³-hybridized carbons (Fsp3) is 0.474. The minimum atomic E-state index is -0.505. The Hall–Kier alpha value is -1.92. The number of hydrogen-bond acceptors (Lipinski definition) is 5. The third kappa shape index (κ3) is 4.38. The molecular weight excluding hydrogens is 334 g/mol. The molecule has 0 unspecified atom stereocenters. The molecule has 2 aromatic rings. The van der Waals surface area contributed by atoms with E-state index in [1.54, 1.807) is 16.2 Å². The van der Waals surface area contributed by atoms with E-state index in [1.807, 2.05) is 39.0 Å². The van der Waals surface area contributed by atoms with Crippen LogP contribution in [0.5, 0.6) is 0 Å². The highest BCUT2D eigenvalue weighted by molar-refractivity contribution is 7.13. The summed E-state index contributed by atoms with van der Waals surface area (Å²) in [5.74, 6) is 0. The number of likely N-dealkylation sites (tertiary alicyclic amines) is 1. The Bertz CT molecular complexity index is 724. The van der Waals surface area contributed by atoms with Gasteiger partial charge in [0.05, 0.1) is 11.7 Å². The van der Waals surface area contributed by atoms with Crippen molar-refractivity contribution in [2.75, 3.05) is 6.54 Å². The molecule has 1 aromatic heterocycles. The highest BCUT2D eigenvalue weighted by Gasteiger charge is 2.37. The second-order valence-electron chi connectivity index (χ2n) is 7.41. The van der Waals surface area contributed by atoms with Crippen LogP contribution in [-0.2, 0) is 11.2 Å². The summed E-state index contributed by atoms with van der Waals surface area (Å²) in [4.78, 5) is 19.0. The van der Waals surface area contributed by atoms with E-state index in [-0.39, 0.29) is 18.2 Å². The molecule has 2 heterocycles. The van der Waals surface area contributed by atoms with Crippen molar-refractivity contribution in [2.24, 2.45) is 5.73 Å². The predicted octanol–water partition coefficient (Wildman–Crippen LogP) is 3.69. The third-order valence-electron chi connectivity index (χ3n) is 4.22. The lowest BCUT2D eigenvalue weighted by Gasteiger charge is -2.29. The number of ether oxygens (including phenoxy) is 1. The fourth-order valence-electron chi connectivity index (χ4n) is 3.01. The molecule has 1 fully saturated rings. The molecule has 2 N–H and O–H groups in total. The average molecular weight is 359 g/mol. The summed E-state index contributed by atoms with van der Waals surface area (Å²) in [7, 11) is 0. The zero-order valence-electron chi connectivity index (χ0n) is 14.9. The van der Waals surface area contributed by atoms with Gasteiger partial charge in [-0.1, -0.05) is 30.3 Å². The van der Waals surface area contributed by atoms with Crippen molar-refractivity contribution in [2.45, 2.75) is 51.3 Å². The Morgan fingerprint density at radius 3 is 2.76 bits per heavy atom. The van der Waals surface area contributed by atoms with Gasteiger partial charge in [0, 0.05) is 30.0 Å². The molecule has 2 atom stereocenters. The van der Waals surface area contributed by atoms with E-state index in [1.165, 1.54) is 0 Å². The third-order valence-corrected chi connectivity index (χ3v) is 5.16. The Labute approximate surface area is 152 Å². The number of rotatable bonds is 3. The van der Waals surface area contributed by atoms with E-state index >= 15 is 0 Å². The molecule has 5 nitrogen and oxygen atoms in total. The highest BCUT2D eigenvalue weighted by Crippen LogP contribution is 2.27. The fourth-order valence-corrected chi connectivity index (χ4v) is 3.85. The van der Waals surface area contributed by atoms with Crippen molar-refractivity contribution in [3.8, 4) is 10.6 Å². The number of thiazole rings is 1. The van der Waals surface area contributed by atoms with Gasteiger partial charge in [0.25, 0.3) is 0 Å². The number of amides is 1. The van der Waals surface area contributed by atoms with Crippen molar-refractivity contribution in [3.05, 3.63) is 41.4 Å². The summed E-state index contributed by atoms with van der Waals surface area (Å²) in [5, 5.41) is 3.05. The number of nitrogens with two attached hydrogens (primary N) is 1. The monoisotopic (exact) mass is 359 g/mol. The molecule has 134 valence electrons. The average Bonchev–Trinajstić information content (AvgIpc) is 3.15. The van der Waals surface area contributed by atoms with Crippen LogP contribution in [0.4, 0.5) is 4.79 Å². The van der Waals surface area contributed by atoms with Crippen molar-refractivity contribution in [1.29, 1.82) is 0 Å². The molecule has 1 aliphatic rings. The zero-order valence-corrected chi connectivity index (χ0v) is 15.8. The van der Waals surface area contributed by atoms with Crippen molar-refractivity contribution < 1.29 is 9.53 Å². The first-order valence-electron chi connectivity index (χ1n) is 8.58. The molecule has 3 rings (SSSR count). The highest BCUT2D eigenvalue weighted by atomic mass is 32.1. The second-order valence-corrected chi connectivity index (χ2v) is 8.27. The largest absolute Gasteiger partial charge is 0.444 e. The molecule has 0 aliphatic carbocycles. The Kier molecular flexibility index (Phi) is 5.11. The maximum atomic E-state index is 12.5. The Morgan fingerprint density at radius 2 is 2.08 bits per heavy atom. The number of hydrogen-bond donors (Lipinski definition) is 1. The maximum Gasteiger partial charge on any atom is 0.410 e. The van der Waals surface area contributed by atoms with E-state index in [0.29, 0.717) is 13.0 Å². The number of nitrogens with zero attached hydrogens (tertiary/aromatic N) is 2. The molecule has 1 aliphatic heterocycles.